The molecule has 0 aromatic carbocycles. The van der Waals surface area contributed by atoms with Gasteiger partial charge in [0.2, 0.25) is 0 Å². The Bertz CT molecular complexity index is 821. The molecular formula is C25H36O5S. The van der Waals surface area contributed by atoms with E-state index in [1.165, 1.54) is 5.57 Å². The van der Waals surface area contributed by atoms with Crippen LogP contribution in [0.4, 0.5) is 0 Å². The van der Waals surface area contributed by atoms with Crippen molar-refractivity contribution in [2.75, 3.05) is 12.0 Å². The monoisotopic (exact) mass is 448 g/mol. The van der Waals surface area contributed by atoms with E-state index in [1.54, 1.807) is 18.7 Å². The van der Waals surface area contributed by atoms with Gasteiger partial charge in [0.05, 0.1) is 12.5 Å². The minimum absolute atomic E-state index is 0.0912. The number of aliphatic hydroxyl groups excluding tert-OH is 1. The minimum atomic E-state index is -1.14. The van der Waals surface area contributed by atoms with E-state index in [0.29, 0.717) is 31.4 Å². The fraction of sp³-hybridized carbons (Fsp3) is 0.800. The molecule has 3 fully saturated rings. The van der Waals surface area contributed by atoms with Crippen molar-refractivity contribution in [1.29, 1.82) is 0 Å². The van der Waals surface area contributed by atoms with Crippen LogP contribution < -0.4 is 0 Å². The van der Waals surface area contributed by atoms with Gasteiger partial charge >= 0.3 is 5.97 Å². The topological polar surface area (TPSA) is 80.7 Å². The highest BCUT2D eigenvalue weighted by Gasteiger charge is 2.69. The second-order valence-corrected chi connectivity index (χ2v) is 11.7. The summed E-state index contributed by atoms with van der Waals surface area (Å²) in [6, 6.07) is 0. The molecule has 1 N–H and O–H groups in total. The zero-order chi connectivity index (χ0) is 22.6. The molecular weight excluding hydrogens is 412 g/mol. The number of hydrogen-bond acceptors (Lipinski definition) is 6. The molecule has 4 rings (SSSR count). The predicted molar refractivity (Wildman–Crippen MR) is 121 cm³/mol. The van der Waals surface area contributed by atoms with Crippen LogP contribution in [0.2, 0.25) is 0 Å². The number of carbonyl (C=O) groups excluding carboxylic acids is 3. The van der Waals surface area contributed by atoms with Crippen molar-refractivity contribution in [3.05, 3.63) is 11.6 Å². The van der Waals surface area contributed by atoms with Gasteiger partial charge < -0.3 is 9.84 Å². The Morgan fingerprint density at radius 1 is 1.23 bits per heavy atom. The molecule has 0 radical (unpaired) electrons. The Morgan fingerprint density at radius 3 is 2.65 bits per heavy atom. The Hall–Kier alpha value is -1.14. The van der Waals surface area contributed by atoms with Gasteiger partial charge in [-0.05, 0) is 80.9 Å². The summed E-state index contributed by atoms with van der Waals surface area (Å²) in [7, 11) is 0. The number of Topliss-reactive ketones (excluding diaryl/α,β-unsaturated/α-hetero) is 1. The maximum Gasteiger partial charge on any atom is 0.307 e. The highest BCUT2D eigenvalue weighted by molar-refractivity contribution is 7.98. The number of carbonyl (C=O) groups is 3. The Labute approximate surface area is 189 Å². The van der Waals surface area contributed by atoms with E-state index in [4.69, 9.17) is 4.74 Å². The Morgan fingerprint density at radius 2 is 1.97 bits per heavy atom. The van der Waals surface area contributed by atoms with E-state index in [-0.39, 0.29) is 40.7 Å². The van der Waals surface area contributed by atoms with Crippen molar-refractivity contribution in [3.8, 4) is 0 Å². The number of aliphatic hydroxyl groups is 1. The molecule has 0 saturated heterocycles. The third-order valence-electron chi connectivity index (χ3n) is 9.38. The van der Waals surface area contributed by atoms with Crippen molar-refractivity contribution < 1.29 is 24.2 Å². The number of thioether (sulfide) groups is 1. The van der Waals surface area contributed by atoms with Crippen molar-refractivity contribution in [2.24, 2.45) is 28.6 Å². The number of esters is 1. The van der Waals surface area contributed by atoms with Crippen molar-refractivity contribution >= 4 is 29.3 Å². The molecule has 0 bridgehead atoms. The van der Waals surface area contributed by atoms with Gasteiger partial charge in [-0.1, -0.05) is 19.4 Å². The number of fused-ring (bicyclic) bond motifs is 5. The molecule has 4 aliphatic rings. The molecule has 0 aliphatic heterocycles. The normalized spacial score (nSPS) is 44.0. The van der Waals surface area contributed by atoms with Crippen LogP contribution in [0, 0.1) is 28.6 Å². The molecule has 6 heteroatoms. The molecule has 0 spiro atoms. The smallest absolute Gasteiger partial charge is 0.307 e. The van der Waals surface area contributed by atoms with Gasteiger partial charge in [-0.3, -0.25) is 14.4 Å². The first-order valence-electron chi connectivity index (χ1n) is 11.7. The lowest BCUT2D eigenvalue weighted by Gasteiger charge is -2.60. The molecule has 0 aromatic rings. The predicted octanol–water partition coefficient (Wildman–Crippen LogP) is 4.11. The van der Waals surface area contributed by atoms with Crippen LogP contribution in [0.25, 0.3) is 0 Å². The first kappa shape index (κ1) is 23.0. The number of ether oxygens (including phenoxy) is 1. The van der Waals surface area contributed by atoms with Gasteiger partial charge in [0.15, 0.2) is 17.2 Å². The van der Waals surface area contributed by atoms with Crippen LogP contribution in [-0.4, -0.2) is 46.4 Å². The van der Waals surface area contributed by atoms with E-state index in [1.807, 2.05) is 12.3 Å². The zero-order valence-corrected chi connectivity index (χ0v) is 20.1. The summed E-state index contributed by atoms with van der Waals surface area (Å²) in [5.74, 6) is 1.07. The third-order valence-corrected chi connectivity index (χ3v) is 10.00. The lowest BCUT2D eigenvalue weighted by atomic mass is 9.45. The van der Waals surface area contributed by atoms with Crippen molar-refractivity contribution in [3.63, 3.8) is 0 Å². The number of ketones is 2. The standard InChI is InChI=1S/C25H36O5S/c1-15(26)25(30-21(29)9-12-31-4)11-8-19-18-6-5-16-13-17(27)7-10-23(16,2)22(18)20(28)14-24(19,25)3/h13,18-20,22,28H,5-12,14H2,1-4H3/t18-,19-,20-,22+,23-,24-,25-/m0/s1. The molecule has 0 amide bonds. The van der Waals surface area contributed by atoms with Crippen molar-refractivity contribution in [1.82, 2.24) is 0 Å². The van der Waals surface area contributed by atoms with Crippen molar-refractivity contribution in [2.45, 2.75) is 83.8 Å². The van der Waals surface area contributed by atoms with E-state index in [0.717, 1.165) is 25.7 Å². The summed E-state index contributed by atoms with van der Waals surface area (Å²) in [5.41, 5.74) is -0.657. The Balaban J connectivity index is 1.68. The van der Waals surface area contributed by atoms with Crippen LogP contribution >= 0.6 is 11.8 Å². The molecule has 0 heterocycles. The average Bonchev–Trinajstić information content (AvgIpc) is 2.99. The first-order valence-corrected chi connectivity index (χ1v) is 13.1. The zero-order valence-electron chi connectivity index (χ0n) is 19.2. The number of rotatable bonds is 5. The van der Waals surface area contributed by atoms with Gasteiger partial charge in [0, 0.05) is 17.6 Å². The van der Waals surface area contributed by atoms with E-state index >= 15 is 0 Å². The first-order chi connectivity index (χ1) is 14.6. The Kier molecular flexibility index (Phi) is 5.96. The number of hydrogen-bond donors (Lipinski definition) is 1. The summed E-state index contributed by atoms with van der Waals surface area (Å²) >= 11 is 1.59. The van der Waals surface area contributed by atoms with E-state index in [9.17, 15) is 19.5 Å². The molecule has 3 saturated carbocycles. The summed E-state index contributed by atoms with van der Waals surface area (Å²) in [5, 5.41) is 11.5. The molecule has 0 aromatic heterocycles. The van der Waals surface area contributed by atoms with Crippen LogP contribution in [0.15, 0.2) is 11.6 Å². The molecule has 4 aliphatic carbocycles. The van der Waals surface area contributed by atoms with E-state index < -0.39 is 17.1 Å². The second kappa shape index (κ2) is 8.02. The largest absolute Gasteiger partial charge is 0.450 e. The minimum Gasteiger partial charge on any atom is -0.450 e. The van der Waals surface area contributed by atoms with Gasteiger partial charge in [0.1, 0.15) is 0 Å². The summed E-state index contributed by atoms with van der Waals surface area (Å²) in [4.78, 5) is 37.7. The lowest BCUT2D eigenvalue weighted by Crippen LogP contribution is -2.62. The van der Waals surface area contributed by atoms with E-state index in [2.05, 4.69) is 13.8 Å². The highest BCUT2D eigenvalue weighted by atomic mass is 32.2. The van der Waals surface area contributed by atoms with Crippen LogP contribution in [0.5, 0.6) is 0 Å². The van der Waals surface area contributed by atoms with Crippen LogP contribution in [0.1, 0.15) is 72.1 Å². The maximum absolute atomic E-state index is 13.0. The fourth-order valence-electron chi connectivity index (χ4n) is 7.92. The highest BCUT2D eigenvalue weighted by Crippen LogP contribution is 2.68. The quantitative estimate of drug-likeness (QED) is 0.638. The maximum atomic E-state index is 13.0. The fourth-order valence-corrected chi connectivity index (χ4v) is 8.29. The van der Waals surface area contributed by atoms with Gasteiger partial charge in [-0.2, -0.15) is 11.8 Å². The van der Waals surface area contributed by atoms with Gasteiger partial charge in [0.25, 0.3) is 0 Å². The molecule has 172 valence electrons. The molecule has 31 heavy (non-hydrogen) atoms. The SMILES string of the molecule is CSCCC(=O)O[C@]1(C(C)=O)CC[C@H]2[C@@H]3CCC4=CC(=O)CC[C@]4(C)[C@H]3[C@@H](O)C[C@@]21C. The third kappa shape index (κ3) is 3.35. The van der Waals surface area contributed by atoms with Crippen LogP contribution in [-0.2, 0) is 19.1 Å². The molecule has 7 atom stereocenters. The average molecular weight is 449 g/mol. The van der Waals surface area contributed by atoms with Gasteiger partial charge in [-0.15, -0.1) is 0 Å². The van der Waals surface area contributed by atoms with Gasteiger partial charge in [-0.25, -0.2) is 0 Å². The van der Waals surface area contributed by atoms with Crippen LogP contribution in [0.3, 0.4) is 0 Å². The summed E-state index contributed by atoms with van der Waals surface area (Å²) < 4.78 is 6.04. The summed E-state index contributed by atoms with van der Waals surface area (Å²) in [6.45, 7) is 5.85. The lowest BCUT2D eigenvalue weighted by molar-refractivity contribution is -0.199. The molecule has 0 unspecified atom stereocenters. The second-order valence-electron chi connectivity index (χ2n) is 10.7. The summed E-state index contributed by atoms with van der Waals surface area (Å²) in [6.07, 6.45) is 8.49. The number of allylic oxidation sites excluding steroid dienone is 1. The molecule has 5 nitrogen and oxygen atoms in total.